The van der Waals surface area contributed by atoms with Crippen molar-refractivity contribution in [1.82, 2.24) is 30.4 Å². The van der Waals surface area contributed by atoms with Gasteiger partial charge < -0.3 is 25.6 Å². The van der Waals surface area contributed by atoms with Crippen LogP contribution in [-0.2, 0) is 0 Å². The molecule has 1 fully saturated rings. The first kappa shape index (κ1) is 22.5. The zero-order valence-electron chi connectivity index (χ0n) is 19.4. The van der Waals surface area contributed by atoms with Gasteiger partial charge in [-0.1, -0.05) is 0 Å². The van der Waals surface area contributed by atoms with E-state index in [1.165, 1.54) is 0 Å². The van der Waals surface area contributed by atoms with Gasteiger partial charge in [0, 0.05) is 35.2 Å². The number of piperidine rings is 1. The second-order valence-corrected chi connectivity index (χ2v) is 8.50. The van der Waals surface area contributed by atoms with Crippen LogP contribution in [0.1, 0.15) is 29.8 Å². The van der Waals surface area contributed by atoms with E-state index in [1.807, 2.05) is 39.0 Å². The second-order valence-electron chi connectivity index (χ2n) is 8.50. The summed E-state index contributed by atoms with van der Waals surface area (Å²) in [6.45, 7) is 7.71. The van der Waals surface area contributed by atoms with Gasteiger partial charge in [0.1, 0.15) is 11.6 Å². The Kier molecular flexibility index (Phi) is 6.74. The van der Waals surface area contributed by atoms with Crippen molar-refractivity contribution in [3.8, 4) is 11.8 Å². The fourth-order valence-corrected chi connectivity index (χ4v) is 3.71. The molecular formula is C23H30N8O2. The van der Waals surface area contributed by atoms with Crippen molar-refractivity contribution in [1.29, 1.82) is 0 Å². The maximum absolute atomic E-state index is 12.4. The highest BCUT2D eigenvalue weighted by Gasteiger charge is 2.18. The largest absolute Gasteiger partial charge is 0.424 e. The maximum atomic E-state index is 12.4. The van der Waals surface area contributed by atoms with E-state index >= 15 is 0 Å². The van der Waals surface area contributed by atoms with Gasteiger partial charge in [0.15, 0.2) is 5.82 Å². The molecule has 3 heterocycles. The first-order valence-electron chi connectivity index (χ1n) is 11.0. The van der Waals surface area contributed by atoms with E-state index in [0.29, 0.717) is 23.1 Å². The van der Waals surface area contributed by atoms with Crippen LogP contribution in [0.5, 0.6) is 11.8 Å². The number of aromatic amines is 1. The summed E-state index contributed by atoms with van der Waals surface area (Å²) < 4.78 is 5.94. The number of carbonyl (C=O) groups is 1. The third-order valence-electron chi connectivity index (χ3n) is 5.48. The van der Waals surface area contributed by atoms with E-state index < -0.39 is 0 Å². The van der Waals surface area contributed by atoms with Gasteiger partial charge in [-0.2, -0.15) is 10.1 Å². The van der Waals surface area contributed by atoms with Crippen LogP contribution in [0.4, 0.5) is 22.1 Å². The molecule has 1 saturated heterocycles. The normalized spacial score (nSPS) is 14.7. The number of amides is 2. The standard InChI is InChI=1S/C23H30N8O2/c1-14-11-18(26-22(32)25-17-7-9-31(4)10-8-17)5-6-19(14)33-23-24-15(2)12-20(28-23)27-21-13-16(3)29-30-21/h5-6,11-13,17H,7-10H2,1-4H3,(H2,25,26,32)(H2,24,27,28,29,30). The van der Waals surface area contributed by atoms with E-state index in [9.17, 15) is 4.79 Å². The number of H-pyrrole nitrogens is 1. The Morgan fingerprint density at radius 2 is 1.88 bits per heavy atom. The van der Waals surface area contributed by atoms with Gasteiger partial charge in [0.25, 0.3) is 0 Å². The molecule has 4 N–H and O–H groups in total. The predicted molar refractivity (Wildman–Crippen MR) is 127 cm³/mol. The van der Waals surface area contributed by atoms with E-state index in [-0.39, 0.29) is 18.1 Å². The van der Waals surface area contributed by atoms with Crippen molar-refractivity contribution in [2.45, 2.75) is 39.7 Å². The lowest BCUT2D eigenvalue weighted by atomic mass is 10.1. The molecule has 3 aromatic rings. The Labute approximate surface area is 193 Å². The van der Waals surface area contributed by atoms with E-state index in [4.69, 9.17) is 4.74 Å². The summed E-state index contributed by atoms with van der Waals surface area (Å²) in [7, 11) is 2.10. The number of anilines is 3. The smallest absolute Gasteiger partial charge is 0.324 e. The molecule has 0 saturated carbocycles. The molecule has 10 nitrogen and oxygen atoms in total. The fraction of sp³-hybridized carbons (Fsp3) is 0.391. The van der Waals surface area contributed by atoms with Crippen molar-refractivity contribution >= 4 is 23.4 Å². The van der Waals surface area contributed by atoms with Gasteiger partial charge in [-0.3, -0.25) is 5.10 Å². The molecule has 0 bridgehead atoms. The number of nitrogens with one attached hydrogen (secondary N) is 4. The van der Waals surface area contributed by atoms with Crippen LogP contribution in [-0.4, -0.2) is 57.3 Å². The van der Waals surface area contributed by atoms with Crippen LogP contribution in [0.15, 0.2) is 30.3 Å². The summed E-state index contributed by atoms with van der Waals surface area (Å²) in [4.78, 5) is 23.5. The Bertz CT molecular complexity index is 1120. The number of rotatable bonds is 6. The van der Waals surface area contributed by atoms with Crippen molar-refractivity contribution in [2.24, 2.45) is 0 Å². The van der Waals surface area contributed by atoms with E-state index in [0.717, 1.165) is 42.9 Å². The third-order valence-corrected chi connectivity index (χ3v) is 5.48. The van der Waals surface area contributed by atoms with Crippen LogP contribution in [0, 0.1) is 20.8 Å². The Hall–Kier alpha value is -3.66. The molecule has 10 heteroatoms. The zero-order valence-corrected chi connectivity index (χ0v) is 19.4. The molecule has 174 valence electrons. The average Bonchev–Trinajstić information content (AvgIpc) is 3.16. The second kappa shape index (κ2) is 9.86. The van der Waals surface area contributed by atoms with Crippen molar-refractivity contribution in [3.63, 3.8) is 0 Å². The molecule has 33 heavy (non-hydrogen) atoms. The number of aromatic nitrogens is 4. The SMILES string of the molecule is Cc1cc(Nc2cc(C)[nH]n2)nc(Oc2ccc(NC(=O)NC3CCN(C)CC3)cc2C)n1. The lowest BCUT2D eigenvalue weighted by molar-refractivity contribution is 0.221. The first-order valence-corrected chi connectivity index (χ1v) is 11.0. The summed E-state index contributed by atoms with van der Waals surface area (Å²) in [5, 5.41) is 16.2. The van der Waals surface area contributed by atoms with Crippen molar-refractivity contribution < 1.29 is 9.53 Å². The number of carbonyl (C=O) groups excluding carboxylic acids is 1. The molecule has 4 rings (SSSR count). The fourth-order valence-electron chi connectivity index (χ4n) is 3.71. The number of hydrogen-bond donors (Lipinski definition) is 4. The number of ether oxygens (including phenoxy) is 1. The van der Waals surface area contributed by atoms with Gasteiger partial charge in [-0.25, -0.2) is 9.78 Å². The van der Waals surface area contributed by atoms with Gasteiger partial charge in [0.05, 0.1) is 0 Å². The third kappa shape index (κ3) is 6.19. The molecule has 1 aliphatic rings. The van der Waals surface area contributed by atoms with Crippen molar-refractivity contribution in [2.75, 3.05) is 30.8 Å². The molecule has 2 amide bonds. The molecule has 0 radical (unpaired) electrons. The predicted octanol–water partition coefficient (Wildman–Crippen LogP) is 3.88. The van der Waals surface area contributed by atoms with Gasteiger partial charge in [0.2, 0.25) is 0 Å². The van der Waals surface area contributed by atoms with E-state index in [2.05, 4.69) is 48.1 Å². The van der Waals surface area contributed by atoms with Crippen LogP contribution in [0.2, 0.25) is 0 Å². The summed E-state index contributed by atoms with van der Waals surface area (Å²) in [5.41, 5.74) is 3.27. The minimum Gasteiger partial charge on any atom is -0.424 e. The lowest BCUT2D eigenvalue weighted by Gasteiger charge is -2.29. The number of likely N-dealkylation sites (tertiary alicyclic amines) is 1. The number of benzene rings is 1. The van der Waals surface area contributed by atoms with E-state index in [1.54, 1.807) is 12.1 Å². The Morgan fingerprint density at radius 3 is 2.58 bits per heavy atom. The lowest BCUT2D eigenvalue weighted by Crippen LogP contribution is -2.44. The molecule has 0 unspecified atom stereocenters. The highest BCUT2D eigenvalue weighted by molar-refractivity contribution is 5.89. The van der Waals surface area contributed by atoms with Gasteiger partial charge in [-0.05, 0) is 77.5 Å². The first-order chi connectivity index (χ1) is 15.8. The molecule has 0 spiro atoms. The average molecular weight is 451 g/mol. The highest BCUT2D eigenvalue weighted by atomic mass is 16.5. The molecule has 0 aliphatic carbocycles. The molecule has 2 aromatic heterocycles. The van der Waals surface area contributed by atoms with Crippen molar-refractivity contribution in [3.05, 3.63) is 47.3 Å². The Morgan fingerprint density at radius 1 is 1.09 bits per heavy atom. The summed E-state index contributed by atoms with van der Waals surface area (Å²) >= 11 is 0. The number of hydrogen-bond acceptors (Lipinski definition) is 7. The molecular weight excluding hydrogens is 420 g/mol. The minimum atomic E-state index is -0.191. The maximum Gasteiger partial charge on any atom is 0.324 e. The van der Waals surface area contributed by atoms with Gasteiger partial charge >= 0.3 is 12.0 Å². The summed E-state index contributed by atoms with van der Waals surface area (Å²) in [6, 6.07) is 9.42. The summed E-state index contributed by atoms with van der Waals surface area (Å²) in [5.74, 6) is 1.87. The van der Waals surface area contributed by atoms with Crippen LogP contribution >= 0.6 is 0 Å². The van der Waals surface area contributed by atoms with Crippen LogP contribution in [0.3, 0.4) is 0 Å². The Balaban J connectivity index is 1.38. The quantitative estimate of drug-likeness (QED) is 0.450. The molecule has 0 atom stereocenters. The zero-order chi connectivity index (χ0) is 23.4. The highest BCUT2D eigenvalue weighted by Crippen LogP contribution is 2.27. The number of urea groups is 1. The molecule has 1 aliphatic heterocycles. The van der Waals surface area contributed by atoms with Crippen LogP contribution in [0.25, 0.3) is 0 Å². The summed E-state index contributed by atoms with van der Waals surface area (Å²) in [6.07, 6.45) is 1.92. The molecule has 1 aromatic carbocycles. The monoisotopic (exact) mass is 450 g/mol. The van der Waals surface area contributed by atoms with Gasteiger partial charge in [-0.15, -0.1) is 0 Å². The minimum absolute atomic E-state index is 0.191. The number of nitrogens with zero attached hydrogens (tertiary/aromatic N) is 4. The number of aryl methyl sites for hydroxylation is 3. The van der Waals surface area contributed by atoms with Crippen LogP contribution < -0.4 is 20.7 Å². The topological polar surface area (TPSA) is 120 Å².